The van der Waals surface area contributed by atoms with Crippen molar-refractivity contribution in [3.05, 3.63) is 73.5 Å². The van der Waals surface area contributed by atoms with Crippen LogP contribution in [-0.4, -0.2) is 15.5 Å². The summed E-state index contributed by atoms with van der Waals surface area (Å²) in [6.07, 6.45) is 4.49. The van der Waals surface area contributed by atoms with Gasteiger partial charge in [-0.3, -0.25) is 9.59 Å². The van der Waals surface area contributed by atoms with Gasteiger partial charge in [0.25, 0.3) is 5.56 Å². The van der Waals surface area contributed by atoms with Crippen molar-refractivity contribution in [2.24, 2.45) is 7.05 Å². The maximum Gasteiger partial charge on any atom is 0.268 e. The Morgan fingerprint density at radius 1 is 1.30 bits per heavy atom. The normalized spacial score (nSPS) is 12.7. The van der Waals surface area contributed by atoms with E-state index in [4.69, 9.17) is 4.42 Å². The van der Waals surface area contributed by atoms with Crippen molar-refractivity contribution in [1.29, 1.82) is 0 Å². The van der Waals surface area contributed by atoms with Crippen LogP contribution in [0, 0.1) is 0 Å². The third-order valence-electron chi connectivity index (χ3n) is 3.25. The molecule has 0 bridgehead atoms. The number of nitrogens with zero attached hydrogens (tertiary/aromatic N) is 1. The summed E-state index contributed by atoms with van der Waals surface area (Å²) in [6, 6.07) is 9.82. The lowest BCUT2D eigenvalue weighted by atomic mass is 10.2. The molecule has 3 aromatic rings. The molecule has 0 unspecified atom stereocenters. The number of phenolic OH excluding ortho intramolecular Hbond substituents is 1. The Morgan fingerprint density at radius 3 is 2.83 bits per heavy atom. The molecule has 0 saturated heterocycles. The highest BCUT2D eigenvalue weighted by Gasteiger charge is 2.07. The minimum absolute atomic E-state index is 0.131. The number of furan rings is 1. The van der Waals surface area contributed by atoms with Gasteiger partial charge in [-0.25, -0.2) is 0 Å². The van der Waals surface area contributed by atoms with Gasteiger partial charge in [-0.15, -0.1) is 11.3 Å². The largest absolute Gasteiger partial charge is 0.508 e. The van der Waals surface area contributed by atoms with Gasteiger partial charge in [0.15, 0.2) is 5.76 Å². The summed E-state index contributed by atoms with van der Waals surface area (Å²) in [7, 11) is 1.61. The average Bonchev–Trinajstić information content (AvgIpc) is 3.13. The topological polar surface area (TPSA) is 72.4 Å². The molecular formula is C17H13NO4S. The van der Waals surface area contributed by atoms with E-state index in [1.165, 1.54) is 28.2 Å². The molecule has 5 nitrogen and oxygen atoms in total. The molecule has 0 saturated carbocycles. The Hall–Kier alpha value is -2.86. The Labute approximate surface area is 135 Å². The first-order valence-electron chi connectivity index (χ1n) is 6.81. The number of hydrogen-bond acceptors (Lipinski definition) is 5. The smallest absolute Gasteiger partial charge is 0.268 e. The number of phenols is 1. The van der Waals surface area contributed by atoms with Gasteiger partial charge in [0.2, 0.25) is 5.78 Å². The molecule has 0 radical (unpaired) electrons. The third-order valence-corrected chi connectivity index (χ3v) is 4.36. The van der Waals surface area contributed by atoms with Crippen LogP contribution in [0.5, 0.6) is 5.75 Å². The number of aromatic hydroxyl groups is 1. The van der Waals surface area contributed by atoms with Crippen LogP contribution in [0.3, 0.4) is 0 Å². The predicted octanol–water partition coefficient (Wildman–Crippen LogP) is 1.24. The summed E-state index contributed by atoms with van der Waals surface area (Å²) in [5, 5.41) is 9.48. The summed E-state index contributed by atoms with van der Waals surface area (Å²) in [5.41, 5.74) is 0.518. The van der Waals surface area contributed by atoms with E-state index >= 15 is 0 Å². The van der Waals surface area contributed by atoms with E-state index in [-0.39, 0.29) is 22.9 Å². The highest BCUT2D eigenvalue weighted by molar-refractivity contribution is 7.07. The first kappa shape index (κ1) is 15.1. The maximum atomic E-state index is 12.3. The van der Waals surface area contributed by atoms with Gasteiger partial charge in [0, 0.05) is 13.1 Å². The number of Topliss-reactive ketones (excluding diaryl/α,β-unsaturated/α-hetero) is 1. The predicted molar refractivity (Wildman–Crippen MR) is 88.0 cm³/mol. The monoisotopic (exact) mass is 327 g/mol. The number of rotatable bonds is 3. The first-order chi connectivity index (χ1) is 11.0. The molecule has 0 aliphatic rings. The molecule has 23 heavy (non-hydrogen) atoms. The standard InChI is InChI=1S/C17H13NO4S/c1-18-16(10-13(20)14-6-3-7-22-14)23-15(17(18)21)9-11-4-2-5-12(19)8-11/h2-10,19H,1H3/b15-9+,16-10-. The first-order valence-corrected chi connectivity index (χ1v) is 7.62. The number of hydrogen-bond donors (Lipinski definition) is 1. The maximum absolute atomic E-state index is 12.3. The van der Waals surface area contributed by atoms with Crippen LogP contribution in [0.1, 0.15) is 16.1 Å². The lowest BCUT2D eigenvalue weighted by Crippen LogP contribution is -2.29. The molecule has 6 heteroatoms. The molecule has 0 spiro atoms. The molecule has 0 amide bonds. The van der Waals surface area contributed by atoms with E-state index < -0.39 is 0 Å². The highest BCUT2D eigenvalue weighted by Crippen LogP contribution is 2.10. The number of carbonyl (C=O) groups excluding carboxylic acids is 1. The molecule has 1 N–H and O–H groups in total. The van der Waals surface area contributed by atoms with Crippen LogP contribution in [0.25, 0.3) is 12.2 Å². The number of benzene rings is 1. The van der Waals surface area contributed by atoms with Gasteiger partial charge in [0.05, 0.1) is 10.8 Å². The number of carbonyl (C=O) groups is 1. The van der Waals surface area contributed by atoms with Crippen LogP contribution in [-0.2, 0) is 7.05 Å². The second-order valence-electron chi connectivity index (χ2n) is 4.89. The van der Waals surface area contributed by atoms with Crippen molar-refractivity contribution in [3.8, 4) is 5.75 Å². The Balaban J connectivity index is 2.09. The Bertz CT molecular complexity index is 1030. The molecule has 0 atom stereocenters. The minimum atomic E-state index is -0.296. The fourth-order valence-corrected chi connectivity index (χ4v) is 3.11. The van der Waals surface area contributed by atoms with Gasteiger partial charge >= 0.3 is 0 Å². The molecule has 116 valence electrons. The molecule has 2 aromatic heterocycles. The fraction of sp³-hybridized carbons (Fsp3) is 0.0588. The van der Waals surface area contributed by atoms with Gasteiger partial charge in [0.1, 0.15) is 10.4 Å². The van der Waals surface area contributed by atoms with Crippen molar-refractivity contribution in [2.45, 2.75) is 0 Å². The number of ketones is 1. The zero-order chi connectivity index (χ0) is 16.4. The lowest BCUT2D eigenvalue weighted by molar-refractivity contribution is 0.103. The quantitative estimate of drug-likeness (QED) is 0.735. The van der Waals surface area contributed by atoms with Crippen LogP contribution < -0.4 is 14.8 Å². The zero-order valence-corrected chi connectivity index (χ0v) is 13.0. The second-order valence-corrected chi connectivity index (χ2v) is 5.96. The highest BCUT2D eigenvalue weighted by atomic mass is 32.1. The summed E-state index contributed by atoms with van der Waals surface area (Å²) < 4.78 is 7.48. The summed E-state index contributed by atoms with van der Waals surface area (Å²) in [5.74, 6) is 0.0621. The molecule has 0 fully saturated rings. The molecule has 2 heterocycles. The van der Waals surface area contributed by atoms with E-state index in [1.807, 2.05) is 0 Å². The van der Waals surface area contributed by atoms with E-state index in [2.05, 4.69) is 0 Å². The van der Waals surface area contributed by atoms with Crippen molar-refractivity contribution < 1.29 is 14.3 Å². The Kier molecular flexibility index (Phi) is 3.99. The van der Waals surface area contributed by atoms with Crippen LogP contribution in [0.2, 0.25) is 0 Å². The second kappa shape index (κ2) is 6.10. The van der Waals surface area contributed by atoms with Crippen molar-refractivity contribution in [1.82, 2.24) is 4.57 Å². The van der Waals surface area contributed by atoms with E-state index in [0.717, 1.165) is 0 Å². The Morgan fingerprint density at radius 2 is 2.13 bits per heavy atom. The van der Waals surface area contributed by atoms with E-state index in [0.29, 0.717) is 14.8 Å². The van der Waals surface area contributed by atoms with E-state index in [1.54, 1.807) is 49.5 Å². The van der Waals surface area contributed by atoms with E-state index in [9.17, 15) is 14.7 Å². The third kappa shape index (κ3) is 3.17. The van der Waals surface area contributed by atoms with Crippen LogP contribution >= 0.6 is 11.3 Å². The summed E-state index contributed by atoms with van der Waals surface area (Å²) in [6.45, 7) is 0. The van der Waals surface area contributed by atoms with Gasteiger partial charge in [-0.1, -0.05) is 12.1 Å². The van der Waals surface area contributed by atoms with Gasteiger partial charge in [-0.2, -0.15) is 0 Å². The molecule has 3 rings (SSSR count). The molecule has 0 aliphatic carbocycles. The lowest BCUT2D eigenvalue weighted by Gasteiger charge is -1.92. The fourth-order valence-electron chi connectivity index (χ4n) is 2.08. The van der Waals surface area contributed by atoms with Crippen LogP contribution in [0.4, 0.5) is 0 Å². The average molecular weight is 327 g/mol. The molecule has 0 aliphatic heterocycles. The molecular weight excluding hydrogens is 314 g/mol. The van der Waals surface area contributed by atoms with Gasteiger partial charge < -0.3 is 14.1 Å². The van der Waals surface area contributed by atoms with Crippen LogP contribution in [0.15, 0.2) is 51.9 Å². The van der Waals surface area contributed by atoms with Gasteiger partial charge in [-0.05, 0) is 35.9 Å². The van der Waals surface area contributed by atoms with Crippen molar-refractivity contribution >= 4 is 29.3 Å². The number of aromatic nitrogens is 1. The summed E-state index contributed by atoms with van der Waals surface area (Å²) in [4.78, 5) is 24.3. The molecule has 1 aromatic carbocycles. The zero-order valence-electron chi connectivity index (χ0n) is 12.2. The SMILES string of the molecule is Cn1c(=O)/c(=C\c2cccc(O)c2)s/c1=C\C(=O)c1ccco1. The van der Waals surface area contributed by atoms with Crippen molar-refractivity contribution in [2.75, 3.05) is 0 Å². The summed E-state index contributed by atoms with van der Waals surface area (Å²) >= 11 is 1.21. The number of thiazole rings is 1. The van der Waals surface area contributed by atoms with Crippen molar-refractivity contribution in [3.63, 3.8) is 0 Å². The minimum Gasteiger partial charge on any atom is -0.508 e.